The van der Waals surface area contributed by atoms with Crippen LogP contribution in [-0.4, -0.2) is 11.8 Å². The van der Waals surface area contributed by atoms with Crippen molar-refractivity contribution >= 4 is 56.6 Å². The van der Waals surface area contributed by atoms with E-state index in [0.717, 1.165) is 0 Å². The van der Waals surface area contributed by atoms with Gasteiger partial charge >= 0.3 is 0 Å². The van der Waals surface area contributed by atoms with Gasteiger partial charge in [0.25, 0.3) is 5.91 Å². The van der Waals surface area contributed by atoms with Gasteiger partial charge in [-0.25, -0.2) is 0 Å². The zero-order valence-electron chi connectivity index (χ0n) is 10.5. The normalized spacial score (nSPS) is 10.2. The van der Waals surface area contributed by atoms with Gasteiger partial charge in [-0.05, 0) is 46.3 Å². The number of nitrogens with two attached hydrogens (primary N) is 1. The van der Waals surface area contributed by atoms with E-state index in [1.165, 1.54) is 18.2 Å². The molecule has 0 spiro atoms. The lowest BCUT2D eigenvalue weighted by Crippen LogP contribution is -2.15. The molecule has 21 heavy (non-hydrogen) atoms. The van der Waals surface area contributed by atoms with Crippen molar-refractivity contribution in [3.8, 4) is 0 Å². The van der Waals surface area contributed by atoms with E-state index in [2.05, 4.69) is 21.2 Å². The molecule has 0 atom stereocenters. The van der Waals surface area contributed by atoms with Crippen molar-refractivity contribution in [3.63, 3.8) is 0 Å². The summed E-state index contributed by atoms with van der Waals surface area (Å²) >= 11 is 15.3. The number of benzene rings is 2. The maximum atomic E-state index is 12.2. The Morgan fingerprint density at radius 3 is 2.52 bits per heavy atom. The van der Waals surface area contributed by atoms with Gasteiger partial charge in [-0.3, -0.25) is 9.59 Å². The third-order valence-corrected chi connectivity index (χ3v) is 4.32. The lowest BCUT2D eigenvalue weighted by molar-refractivity contribution is 0.0996. The molecule has 0 radical (unpaired) electrons. The van der Waals surface area contributed by atoms with Crippen molar-refractivity contribution in [1.29, 1.82) is 0 Å². The number of hydrogen-bond acceptors (Lipinski definition) is 2. The van der Waals surface area contributed by atoms with Gasteiger partial charge in [-0.15, -0.1) is 0 Å². The molecule has 2 aromatic carbocycles. The van der Waals surface area contributed by atoms with E-state index in [0.29, 0.717) is 9.50 Å². The van der Waals surface area contributed by atoms with E-state index in [9.17, 15) is 9.59 Å². The number of hydrogen-bond donors (Lipinski definition) is 2. The molecule has 4 nitrogen and oxygen atoms in total. The average Bonchev–Trinajstić information content (AvgIpc) is 2.43. The van der Waals surface area contributed by atoms with Crippen LogP contribution >= 0.6 is 39.1 Å². The van der Waals surface area contributed by atoms with Crippen molar-refractivity contribution in [2.24, 2.45) is 5.73 Å². The van der Waals surface area contributed by atoms with Crippen molar-refractivity contribution < 1.29 is 9.59 Å². The summed E-state index contributed by atoms with van der Waals surface area (Å²) in [6, 6.07) is 9.36. The molecule has 0 saturated heterocycles. The van der Waals surface area contributed by atoms with Crippen molar-refractivity contribution in [1.82, 2.24) is 0 Å². The molecule has 108 valence electrons. The fourth-order valence-corrected chi connectivity index (χ4v) is 2.39. The smallest absolute Gasteiger partial charge is 0.257 e. The number of nitrogens with one attached hydrogen (secondary N) is 1. The minimum atomic E-state index is -0.609. The summed E-state index contributed by atoms with van der Waals surface area (Å²) in [7, 11) is 0. The molecule has 3 N–H and O–H groups in total. The zero-order valence-corrected chi connectivity index (χ0v) is 13.6. The third-order valence-electron chi connectivity index (χ3n) is 2.70. The van der Waals surface area contributed by atoms with Crippen LogP contribution in [0.1, 0.15) is 20.7 Å². The zero-order chi connectivity index (χ0) is 15.6. The van der Waals surface area contributed by atoms with E-state index in [1.54, 1.807) is 18.2 Å². The summed E-state index contributed by atoms with van der Waals surface area (Å²) < 4.78 is 0.605. The van der Waals surface area contributed by atoms with Gasteiger partial charge in [-0.2, -0.15) is 0 Å². The highest BCUT2D eigenvalue weighted by Crippen LogP contribution is 2.28. The predicted molar refractivity (Wildman–Crippen MR) is 87.1 cm³/mol. The molecule has 0 aliphatic carbocycles. The molecule has 2 aromatic rings. The van der Waals surface area contributed by atoms with Crippen LogP contribution in [0, 0.1) is 0 Å². The molecule has 0 unspecified atom stereocenters. The molecule has 0 aliphatic rings. The first-order chi connectivity index (χ1) is 9.90. The van der Waals surface area contributed by atoms with Gasteiger partial charge in [0.15, 0.2) is 0 Å². The van der Waals surface area contributed by atoms with Crippen molar-refractivity contribution in [2.75, 3.05) is 5.32 Å². The first-order valence-corrected chi connectivity index (χ1v) is 7.29. The average molecular weight is 388 g/mol. The minimum Gasteiger partial charge on any atom is -0.366 e. The van der Waals surface area contributed by atoms with Gasteiger partial charge in [-0.1, -0.05) is 29.3 Å². The maximum Gasteiger partial charge on any atom is 0.257 e. The summed E-state index contributed by atoms with van der Waals surface area (Å²) in [5, 5.41) is 3.19. The fourth-order valence-electron chi connectivity index (χ4n) is 1.64. The summed E-state index contributed by atoms with van der Waals surface area (Å²) in [5.74, 6) is -1.05. The van der Waals surface area contributed by atoms with Crippen LogP contribution in [0.25, 0.3) is 0 Å². The molecule has 0 aliphatic heterocycles. The molecule has 0 bridgehead atoms. The van der Waals surface area contributed by atoms with E-state index in [4.69, 9.17) is 28.9 Å². The summed E-state index contributed by atoms with van der Waals surface area (Å²) in [4.78, 5) is 23.4. The molecule has 2 amide bonds. The minimum absolute atomic E-state index is 0.245. The van der Waals surface area contributed by atoms with Crippen LogP contribution in [0.4, 0.5) is 5.69 Å². The molecule has 0 aromatic heterocycles. The monoisotopic (exact) mass is 386 g/mol. The number of amides is 2. The van der Waals surface area contributed by atoms with Gasteiger partial charge < -0.3 is 11.1 Å². The fraction of sp³-hybridized carbons (Fsp3) is 0. The van der Waals surface area contributed by atoms with Crippen LogP contribution in [0.5, 0.6) is 0 Å². The lowest BCUT2D eigenvalue weighted by atomic mass is 10.1. The van der Waals surface area contributed by atoms with Crippen molar-refractivity contribution in [3.05, 3.63) is 62.0 Å². The van der Waals surface area contributed by atoms with Gasteiger partial charge in [0.05, 0.1) is 21.3 Å². The highest BCUT2D eigenvalue weighted by Gasteiger charge is 2.14. The highest BCUT2D eigenvalue weighted by atomic mass is 79.9. The van der Waals surface area contributed by atoms with Gasteiger partial charge in [0.2, 0.25) is 5.91 Å². The number of anilines is 1. The molecule has 0 fully saturated rings. The predicted octanol–water partition coefficient (Wildman–Crippen LogP) is 4.11. The molecule has 2 rings (SSSR count). The molecular formula is C14H9BrCl2N2O2. The number of carbonyl (C=O) groups is 2. The Labute approximate surface area is 139 Å². The lowest BCUT2D eigenvalue weighted by Gasteiger charge is -2.10. The Hall–Kier alpha value is -1.56. The van der Waals surface area contributed by atoms with E-state index < -0.39 is 11.8 Å². The quantitative estimate of drug-likeness (QED) is 0.831. The largest absolute Gasteiger partial charge is 0.366 e. The molecular weight excluding hydrogens is 379 g/mol. The molecule has 7 heteroatoms. The van der Waals surface area contributed by atoms with E-state index >= 15 is 0 Å². The molecule has 0 heterocycles. The second-order valence-electron chi connectivity index (χ2n) is 4.11. The third kappa shape index (κ3) is 3.56. The van der Waals surface area contributed by atoms with Crippen LogP contribution in [0.15, 0.2) is 40.9 Å². The van der Waals surface area contributed by atoms with Crippen LogP contribution in [0.2, 0.25) is 10.0 Å². The van der Waals surface area contributed by atoms with E-state index in [-0.39, 0.29) is 21.8 Å². The second-order valence-corrected chi connectivity index (χ2v) is 5.75. The van der Waals surface area contributed by atoms with E-state index in [1.807, 2.05) is 0 Å². The van der Waals surface area contributed by atoms with Crippen LogP contribution < -0.4 is 11.1 Å². The van der Waals surface area contributed by atoms with Crippen LogP contribution in [-0.2, 0) is 0 Å². The van der Waals surface area contributed by atoms with Crippen molar-refractivity contribution in [2.45, 2.75) is 0 Å². The Balaban J connectivity index is 2.33. The van der Waals surface area contributed by atoms with Gasteiger partial charge in [0, 0.05) is 10.0 Å². The number of halogens is 3. The Morgan fingerprint density at radius 2 is 1.86 bits per heavy atom. The van der Waals surface area contributed by atoms with Crippen LogP contribution in [0.3, 0.4) is 0 Å². The first-order valence-electron chi connectivity index (χ1n) is 5.75. The Kier molecular flexibility index (Phi) is 4.88. The standard InChI is InChI=1S/C14H9BrCl2N2O2/c15-9-3-1-2-8(12(9)17)14(21)19-11-6-7(13(18)20)4-5-10(11)16/h1-6H,(H2,18,20)(H,19,21). The molecule has 0 saturated carbocycles. The Morgan fingerprint density at radius 1 is 1.14 bits per heavy atom. The second kappa shape index (κ2) is 6.47. The topological polar surface area (TPSA) is 72.2 Å². The first kappa shape index (κ1) is 15.8. The summed E-state index contributed by atoms with van der Waals surface area (Å²) in [6.45, 7) is 0. The maximum absolute atomic E-state index is 12.2. The number of carbonyl (C=O) groups excluding carboxylic acids is 2. The number of primary amides is 1. The highest BCUT2D eigenvalue weighted by molar-refractivity contribution is 9.10. The summed E-state index contributed by atoms with van der Waals surface area (Å²) in [6.07, 6.45) is 0. The Bertz CT molecular complexity index is 735. The van der Waals surface area contributed by atoms with Gasteiger partial charge in [0.1, 0.15) is 0 Å². The number of rotatable bonds is 3. The summed E-state index contributed by atoms with van der Waals surface area (Å²) in [5.41, 5.74) is 6.01. The SMILES string of the molecule is NC(=O)c1ccc(Cl)c(NC(=O)c2cccc(Br)c2Cl)c1.